The van der Waals surface area contributed by atoms with Gasteiger partial charge in [0.05, 0.1) is 16.7 Å². The standard InChI is InChI=1S/C32H25NS/c1-20-16-29-31(34-20)32(2,3)27-19-24(22-12-8-5-9-13-22)18-26-25-17-23(21-10-6-4-7-11-21)14-15-28(25)33(29)30(26)27/h4-19H,1-3H3. The van der Waals surface area contributed by atoms with E-state index in [4.69, 9.17) is 0 Å². The van der Waals surface area contributed by atoms with Crippen molar-refractivity contribution in [2.75, 3.05) is 0 Å². The lowest BCUT2D eigenvalue weighted by Gasteiger charge is -2.32. The molecule has 2 aromatic heterocycles. The highest BCUT2D eigenvalue weighted by Gasteiger charge is 2.37. The zero-order valence-electron chi connectivity index (χ0n) is 19.6. The summed E-state index contributed by atoms with van der Waals surface area (Å²) in [4.78, 5) is 2.82. The third kappa shape index (κ3) is 2.66. The number of benzene rings is 4. The normalized spacial score (nSPS) is 14.0. The Bertz CT molecular complexity index is 1720. The number of hydrogen-bond acceptors (Lipinski definition) is 1. The first-order valence-electron chi connectivity index (χ1n) is 11.9. The van der Waals surface area contributed by atoms with E-state index in [1.807, 2.05) is 11.3 Å². The van der Waals surface area contributed by atoms with Crippen molar-refractivity contribution in [1.29, 1.82) is 0 Å². The topological polar surface area (TPSA) is 4.93 Å². The summed E-state index contributed by atoms with van der Waals surface area (Å²) in [7, 11) is 0. The van der Waals surface area contributed by atoms with Crippen LogP contribution in [0.1, 0.15) is 29.2 Å². The Morgan fingerprint density at radius 3 is 2.00 bits per heavy atom. The molecule has 0 unspecified atom stereocenters. The van der Waals surface area contributed by atoms with Crippen LogP contribution in [0.2, 0.25) is 0 Å². The lowest BCUT2D eigenvalue weighted by Crippen LogP contribution is -2.24. The summed E-state index contributed by atoms with van der Waals surface area (Å²) in [6.45, 7) is 7.01. The minimum atomic E-state index is -0.0517. The van der Waals surface area contributed by atoms with Crippen LogP contribution in [-0.4, -0.2) is 4.57 Å². The number of aryl methyl sites for hydroxylation is 1. The number of rotatable bonds is 2. The van der Waals surface area contributed by atoms with Crippen LogP contribution in [0.25, 0.3) is 49.7 Å². The van der Waals surface area contributed by atoms with Crippen molar-refractivity contribution >= 4 is 33.1 Å². The van der Waals surface area contributed by atoms with Gasteiger partial charge in [0.2, 0.25) is 0 Å². The summed E-state index contributed by atoms with van der Waals surface area (Å²) in [6.07, 6.45) is 0. The minimum absolute atomic E-state index is 0.0517. The van der Waals surface area contributed by atoms with Gasteiger partial charge in [0.1, 0.15) is 0 Å². The Hall–Kier alpha value is -3.62. The van der Waals surface area contributed by atoms with Crippen molar-refractivity contribution in [3.63, 3.8) is 0 Å². The smallest absolute Gasteiger partial charge is 0.0613 e. The van der Waals surface area contributed by atoms with Gasteiger partial charge in [-0.3, -0.25) is 0 Å². The summed E-state index contributed by atoms with van der Waals surface area (Å²) in [5.41, 5.74) is 10.4. The average Bonchev–Trinajstić information content (AvgIpc) is 3.42. The van der Waals surface area contributed by atoms with Gasteiger partial charge < -0.3 is 4.57 Å². The fourth-order valence-corrected chi connectivity index (χ4v) is 6.83. The fourth-order valence-electron chi connectivity index (χ4n) is 5.72. The molecule has 1 aliphatic heterocycles. The van der Waals surface area contributed by atoms with Crippen LogP contribution < -0.4 is 0 Å². The molecule has 0 N–H and O–H groups in total. The first kappa shape index (κ1) is 19.8. The van der Waals surface area contributed by atoms with Gasteiger partial charge in [0.15, 0.2) is 0 Å². The van der Waals surface area contributed by atoms with E-state index in [1.165, 1.54) is 65.1 Å². The van der Waals surface area contributed by atoms with Gasteiger partial charge in [-0.15, -0.1) is 11.3 Å². The van der Waals surface area contributed by atoms with Gasteiger partial charge in [-0.2, -0.15) is 0 Å². The first-order chi connectivity index (χ1) is 16.5. The molecule has 2 heteroatoms. The lowest BCUT2D eigenvalue weighted by atomic mass is 9.78. The van der Waals surface area contributed by atoms with Crippen molar-refractivity contribution in [3.8, 4) is 27.9 Å². The molecule has 0 atom stereocenters. The van der Waals surface area contributed by atoms with E-state index in [2.05, 4.69) is 122 Å². The largest absolute Gasteiger partial charge is 0.308 e. The van der Waals surface area contributed by atoms with Gasteiger partial charge in [-0.05, 0) is 65.1 Å². The quantitative estimate of drug-likeness (QED) is 0.245. The number of hydrogen-bond donors (Lipinski definition) is 0. The van der Waals surface area contributed by atoms with Crippen LogP contribution in [0.3, 0.4) is 0 Å². The number of thiophene rings is 1. The molecule has 0 spiro atoms. The van der Waals surface area contributed by atoms with E-state index >= 15 is 0 Å². The Morgan fingerprint density at radius 2 is 1.29 bits per heavy atom. The molecule has 0 amide bonds. The van der Waals surface area contributed by atoms with E-state index in [-0.39, 0.29) is 5.41 Å². The summed E-state index contributed by atoms with van der Waals surface area (Å²) < 4.78 is 2.52. The second-order valence-electron chi connectivity index (χ2n) is 9.92. The van der Waals surface area contributed by atoms with Crippen LogP contribution in [0.15, 0.2) is 97.1 Å². The molecule has 0 radical (unpaired) electrons. The molecule has 7 rings (SSSR count). The second kappa shape index (κ2) is 6.94. The van der Waals surface area contributed by atoms with Gasteiger partial charge in [-0.1, -0.05) is 80.6 Å². The van der Waals surface area contributed by atoms with E-state index in [0.29, 0.717) is 0 Å². The summed E-state index contributed by atoms with van der Waals surface area (Å²) in [5.74, 6) is 0. The maximum Gasteiger partial charge on any atom is 0.0613 e. The lowest BCUT2D eigenvalue weighted by molar-refractivity contribution is 0.646. The molecule has 1 aliphatic rings. The highest BCUT2D eigenvalue weighted by atomic mass is 32.1. The Labute approximate surface area is 203 Å². The minimum Gasteiger partial charge on any atom is -0.308 e. The molecular formula is C32H25NS. The Kier molecular flexibility index (Phi) is 4.05. The van der Waals surface area contributed by atoms with Crippen LogP contribution in [0, 0.1) is 6.92 Å². The van der Waals surface area contributed by atoms with Crippen molar-refractivity contribution in [2.45, 2.75) is 26.2 Å². The third-order valence-corrected chi connectivity index (χ3v) is 8.76. The van der Waals surface area contributed by atoms with Crippen LogP contribution in [0.4, 0.5) is 0 Å². The molecular weight excluding hydrogens is 430 g/mol. The van der Waals surface area contributed by atoms with Gasteiger partial charge >= 0.3 is 0 Å². The molecule has 34 heavy (non-hydrogen) atoms. The second-order valence-corrected chi connectivity index (χ2v) is 11.2. The maximum absolute atomic E-state index is 2.52. The number of nitrogens with zero attached hydrogens (tertiary/aromatic N) is 1. The molecule has 1 nitrogen and oxygen atoms in total. The molecule has 3 heterocycles. The summed E-state index contributed by atoms with van der Waals surface area (Å²) in [5, 5.41) is 2.66. The molecule has 164 valence electrons. The van der Waals surface area contributed by atoms with E-state index < -0.39 is 0 Å². The highest BCUT2D eigenvalue weighted by molar-refractivity contribution is 7.12. The molecule has 4 aromatic carbocycles. The van der Waals surface area contributed by atoms with Crippen LogP contribution in [0.5, 0.6) is 0 Å². The summed E-state index contributed by atoms with van der Waals surface area (Å²) in [6, 6.07) is 35.7. The van der Waals surface area contributed by atoms with Crippen molar-refractivity contribution in [2.24, 2.45) is 0 Å². The zero-order valence-corrected chi connectivity index (χ0v) is 20.4. The van der Waals surface area contributed by atoms with Crippen molar-refractivity contribution in [3.05, 3.63) is 112 Å². The van der Waals surface area contributed by atoms with E-state index in [1.54, 1.807) is 0 Å². The Morgan fingerprint density at radius 1 is 0.647 bits per heavy atom. The number of fused-ring (bicyclic) bond motifs is 5. The van der Waals surface area contributed by atoms with Crippen molar-refractivity contribution in [1.82, 2.24) is 4.57 Å². The molecule has 0 aliphatic carbocycles. The van der Waals surface area contributed by atoms with E-state index in [9.17, 15) is 0 Å². The number of aromatic nitrogens is 1. The SMILES string of the molecule is Cc1cc2c(s1)C(C)(C)c1cc(-c3ccccc3)cc3c4cc(-c5ccccc5)ccc4n-2c13. The average molecular weight is 456 g/mol. The van der Waals surface area contributed by atoms with E-state index in [0.717, 1.165) is 0 Å². The molecule has 0 saturated heterocycles. The predicted octanol–water partition coefficient (Wildman–Crippen LogP) is 9.13. The molecule has 0 bridgehead atoms. The molecule has 0 fully saturated rings. The predicted molar refractivity (Wildman–Crippen MR) is 146 cm³/mol. The highest BCUT2D eigenvalue weighted by Crippen LogP contribution is 2.51. The van der Waals surface area contributed by atoms with Crippen LogP contribution in [-0.2, 0) is 5.41 Å². The van der Waals surface area contributed by atoms with Gasteiger partial charge in [0, 0.05) is 25.9 Å². The molecule has 0 saturated carbocycles. The zero-order chi connectivity index (χ0) is 23.0. The van der Waals surface area contributed by atoms with Gasteiger partial charge in [0.25, 0.3) is 0 Å². The maximum atomic E-state index is 2.52. The summed E-state index contributed by atoms with van der Waals surface area (Å²) >= 11 is 1.94. The van der Waals surface area contributed by atoms with Crippen molar-refractivity contribution < 1.29 is 0 Å². The monoisotopic (exact) mass is 455 g/mol. The first-order valence-corrected chi connectivity index (χ1v) is 12.7. The fraction of sp³-hybridized carbons (Fsp3) is 0.125. The third-order valence-electron chi connectivity index (χ3n) is 7.39. The van der Waals surface area contributed by atoms with Gasteiger partial charge in [-0.25, -0.2) is 0 Å². The Balaban J connectivity index is 1.65. The molecule has 6 aromatic rings. The van der Waals surface area contributed by atoms with Crippen LogP contribution >= 0.6 is 11.3 Å².